The molecule has 0 bridgehead atoms. The number of carbonyl (C=O) groups is 1. The number of carboxylic acids is 1. The maximum atomic E-state index is 11.9. The third-order valence-electron chi connectivity index (χ3n) is 2.35. The molecule has 0 amide bonds. The van der Waals surface area contributed by atoms with Gasteiger partial charge >= 0.3 is 5.97 Å². The van der Waals surface area contributed by atoms with Crippen LogP contribution < -0.4 is 4.72 Å². The Morgan fingerprint density at radius 1 is 1.61 bits per heavy atom. The van der Waals surface area contributed by atoms with Gasteiger partial charge in [0.15, 0.2) is 0 Å². The molecule has 0 saturated heterocycles. The van der Waals surface area contributed by atoms with E-state index in [1.54, 1.807) is 6.92 Å². The summed E-state index contributed by atoms with van der Waals surface area (Å²) in [7, 11) is -2.30. The Hall–Kier alpha value is -0.960. The number of nitrogens with one attached hydrogen (secondary N) is 1. The Morgan fingerprint density at radius 2 is 2.28 bits per heavy atom. The molecule has 102 valence electrons. The molecule has 1 rings (SSSR count). The molecule has 1 aromatic heterocycles. The van der Waals surface area contributed by atoms with E-state index in [0.29, 0.717) is 0 Å². The van der Waals surface area contributed by atoms with Crippen LogP contribution in [-0.4, -0.2) is 37.4 Å². The Balaban J connectivity index is 2.61. The van der Waals surface area contributed by atoms with Gasteiger partial charge in [-0.15, -0.1) is 11.3 Å². The van der Waals surface area contributed by atoms with Crippen LogP contribution in [0.15, 0.2) is 17.5 Å². The summed E-state index contributed by atoms with van der Waals surface area (Å²) in [6, 6.07) is 3.36. The molecule has 0 radical (unpaired) electrons. The molecular weight excluding hydrogens is 276 g/mol. The lowest BCUT2D eigenvalue weighted by molar-refractivity contribution is -0.137. The predicted molar refractivity (Wildman–Crippen MR) is 69.7 cm³/mol. The van der Waals surface area contributed by atoms with E-state index in [4.69, 9.17) is 5.11 Å². The molecule has 0 aliphatic heterocycles. The highest BCUT2D eigenvalue weighted by atomic mass is 32.2. The van der Waals surface area contributed by atoms with Gasteiger partial charge in [-0.2, -0.15) is 17.4 Å². The molecule has 0 aromatic carbocycles. The van der Waals surface area contributed by atoms with Gasteiger partial charge in [-0.3, -0.25) is 4.79 Å². The first-order chi connectivity index (χ1) is 8.33. The summed E-state index contributed by atoms with van der Waals surface area (Å²) in [5.41, 5.74) is 0. The normalized spacial score (nSPS) is 13.7. The summed E-state index contributed by atoms with van der Waals surface area (Å²) in [5, 5.41) is 10.4. The zero-order chi connectivity index (χ0) is 13.8. The fourth-order valence-corrected chi connectivity index (χ4v) is 3.18. The van der Waals surface area contributed by atoms with E-state index in [1.165, 1.54) is 18.4 Å². The predicted octanol–water partition coefficient (Wildman–Crippen LogP) is 1.05. The van der Waals surface area contributed by atoms with Crippen molar-refractivity contribution in [2.24, 2.45) is 0 Å². The topological polar surface area (TPSA) is 86.7 Å². The molecule has 1 aromatic rings. The van der Waals surface area contributed by atoms with Crippen LogP contribution in [0.4, 0.5) is 0 Å². The lowest BCUT2D eigenvalue weighted by Gasteiger charge is -2.19. The van der Waals surface area contributed by atoms with Crippen molar-refractivity contribution in [1.82, 2.24) is 9.03 Å². The average Bonchev–Trinajstić information content (AvgIpc) is 2.78. The van der Waals surface area contributed by atoms with Crippen molar-refractivity contribution in [3.05, 3.63) is 22.4 Å². The van der Waals surface area contributed by atoms with Crippen molar-refractivity contribution in [2.75, 3.05) is 13.6 Å². The van der Waals surface area contributed by atoms with Crippen LogP contribution in [0, 0.1) is 0 Å². The summed E-state index contributed by atoms with van der Waals surface area (Å²) in [6.07, 6.45) is -0.217. The average molecular weight is 292 g/mol. The number of hydrogen-bond donors (Lipinski definition) is 2. The van der Waals surface area contributed by atoms with Crippen molar-refractivity contribution in [2.45, 2.75) is 19.4 Å². The fraction of sp³-hybridized carbons (Fsp3) is 0.500. The number of rotatable bonds is 7. The van der Waals surface area contributed by atoms with Crippen LogP contribution in [0.3, 0.4) is 0 Å². The van der Waals surface area contributed by atoms with Crippen LogP contribution in [0.25, 0.3) is 0 Å². The molecule has 0 fully saturated rings. The van der Waals surface area contributed by atoms with Crippen LogP contribution in [0.2, 0.25) is 0 Å². The summed E-state index contributed by atoms with van der Waals surface area (Å²) < 4.78 is 27.3. The highest BCUT2D eigenvalue weighted by molar-refractivity contribution is 7.87. The SMILES string of the molecule is C[C@@H](NS(=O)(=O)N(C)CCC(=O)O)c1cccs1. The van der Waals surface area contributed by atoms with Crippen molar-refractivity contribution >= 4 is 27.5 Å². The van der Waals surface area contributed by atoms with E-state index in [9.17, 15) is 13.2 Å². The lowest BCUT2D eigenvalue weighted by Crippen LogP contribution is -2.40. The van der Waals surface area contributed by atoms with Crippen molar-refractivity contribution in [1.29, 1.82) is 0 Å². The first kappa shape index (κ1) is 15.1. The fourth-order valence-electron chi connectivity index (χ4n) is 1.28. The van der Waals surface area contributed by atoms with Gasteiger partial charge in [0.1, 0.15) is 0 Å². The van der Waals surface area contributed by atoms with E-state index in [-0.39, 0.29) is 19.0 Å². The summed E-state index contributed by atoms with van der Waals surface area (Å²) in [4.78, 5) is 11.3. The van der Waals surface area contributed by atoms with Gasteiger partial charge in [-0.25, -0.2) is 0 Å². The zero-order valence-corrected chi connectivity index (χ0v) is 11.8. The molecule has 0 unspecified atom stereocenters. The number of aliphatic carboxylic acids is 1. The number of hydrogen-bond acceptors (Lipinski definition) is 4. The second kappa shape index (κ2) is 6.28. The number of nitrogens with zero attached hydrogens (tertiary/aromatic N) is 1. The lowest BCUT2D eigenvalue weighted by atomic mass is 10.3. The van der Waals surface area contributed by atoms with E-state index in [1.807, 2.05) is 17.5 Å². The summed E-state index contributed by atoms with van der Waals surface area (Å²) >= 11 is 1.46. The maximum Gasteiger partial charge on any atom is 0.304 e. The van der Waals surface area contributed by atoms with Crippen LogP contribution in [0.1, 0.15) is 24.3 Å². The first-order valence-corrected chi connectivity index (χ1v) is 7.63. The first-order valence-electron chi connectivity index (χ1n) is 5.31. The monoisotopic (exact) mass is 292 g/mol. The molecule has 1 heterocycles. The molecule has 0 aliphatic rings. The standard InChI is InChI=1S/C10H16N2O4S2/c1-8(9-4-3-7-17-9)11-18(15,16)12(2)6-5-10(13)14/h3-4,7-8,11H,5-6H2,1-2H3,(H,13,14)/t8-/m1/s1. The van der Waals surface area contributed by atoms with Gasteiger partial charge < -0.3 is 5.11 Å². The highest BCUT2D eigenvalue weighted by Gasteiger charge is 2.21. The Labute approximate surface area is 110 Å². The minimum Gasteiger partial charge on any atom is -0.481 e. The minimum atomic E-state index is -3.65. The Bertz CT molecular complexity index is 484. The second-order valence-electron chi connectivity index (χ2n) is 3.83. The van der Waals surface area contributed by atoms with E-state index >= 15 is 0 Å². The Morgan fingerprint density at radius 3 is 2.78 bits per heavy atom. The van der Waals surface area contributed by atoms with Gasteiger partial charge in [0, 0.05) is 18.5 Å². The largest absolute Gasteiger partial charge is 0.481 e. The summed E-state index contributed by atoms with van der Waals surface area (Å²) in [5.74, 6) is -1.02. The molecule has 2 N–H and O–H groups in total. The molecule has 8 heteroatoms. The number of thiophene rings is 1. The van der Waals surface area contributed by atoms with Crippen LogP contribution >= 0.6 is 11.3 Å². The zero-order valence-electron chi connectivity index (χ0n) is 10.2. The van der Waals surface area contributed by atoms with Crippen molar-refractivity contribution in [3.8, 4) is 0 Å². The van der Waals surface area contributed by atoms with Gasteiger partial charge in [0.05, 0.1) is 12.5 Å². The molecule has 6 nitrogen and oxygen atoms in total. The van der Waals surface area contributed by atoms with E-state index < -0.39 is 16.2 Å². The van der Waals surface area contributed by atoms with Crippen LogP contribution in [-0.2, 0) is 15.0 Å². The van der Waals surface area contributed by atoms with Crippen molar-refractivity contribution in [3.63, 3.8) is 0 Å². The van der Waals surface area contributed by atoms with Gasteiger partial charge in [0.25, 0.3) is 10.2 Å². The quantitative estimate of drug-likeness (QED) is 0.786. The number of carboxylic acid groups (broad SMARTS) is 1. The summed E-state index contributed by atoms with van der Waals surface area (Å²) in [6.45, 7) is 1.69. The smallest absolute Gasteiger partial charge is 0.304 e. The third-order valence-corrected chi connectivity index (χ3v) is 5.06. The highest BCUT2D eigenvalue weighted by Crippen LogP contribution is 2.19. The van der Waals surface area contributed by atoms with E-state index in [2.05, 4.69) is 4.72 Å². The molecule has 18 heavy (non-hydrogen) atoms. The van der Waals surface area contributed by atoms with E-state index in [0.717, 1.165) is 9.18 Å². The molecular formula is C10H16N2O4S2. The molecule has 0 aliphatic carbocycles. The molecule has 0 spiro atoms. The van der Waals surface area contributed by atoms with Crippen molar-refractivity contribution < 1.29 is 18.3 Å². The van der Waals surface area contributed by atoms with Gasteiger partial charge in [-0.1, -0.05) is 6.07 Å². The van der Waals surface area contributed by atoms with Crippen LogP contribution in [0.5, 0.6) is 0 Å². The minimum absolute atomic E-state index is 0.0537. The third kappa shape index (κ3) is 4.37. The molecule has 1 atom stereocenters. The van der Waals surface area contributed by atoms with Gasteiger partial charge in [-0.05, 0) is 18.4 Å². The maximum absolute atomic E-state index is 11.9. The molecule has 0 saturated carbocycles. The Kier molecular flexibility index (Phi) is 5.27. The van der Waals surface area contributed by atoms with Gasteiger partial charge in [0.2, 0.25) is 0 Å². The second-order valence-corrected chi connectivity index (χ2v) is 6.61.